The van der Waals surface area contributed by atoms with Gasteiger partial charge >= 0.3 is 0 Å². The maximum atomic E-state index is 12.7. The number of hydrogen-bond donors (Lipinski definition) is 0. The van der Waals surface area contributed by atoms with Gasteiger partial charge in [0.15, 0.2) is 5.75 Å². The van der Waals surface area contributed by atoms with Gasteiger partial charge in [0, 0.05) is 46.1 Å². The molecule has 29 heavy (non-hydrogen) atoms. The summed E-state index contributed by atoms with van der Waals surface area (Å²) in [5, 5.41) is 0. The third-order valence-corrected chi connectivity index (χ3v) is 5.23. The molecule has 0 saturated carbocycles. The van der Waals surface area contributed by atoms with Gasteiger partial charge in [-0.2, -0.15) is 0 Å². The summed E-state index contributed by atoms with van der Waals surface area (Å²) in [4.78, 5) is 30.9. The van der Waals surface area contributed by atoms with Crippen LogP contribution in [0.3, 0.4) is 0 Å². The van der Waals surface area contributed by atoms with Crippen molar-refractivity contribution in [3.8, 4) is 11.5 Å². The van der Waals surface area contributed by atoms with Crippen LogP contribution in [0.4, 0.5) is 5.69 Å². The predicted molar refractivity (Wildman–Crippen MR) is 114 cm³/mol. The lowest BCUT2D eigenvalue weighted by Crippen LogP contribution is -2.49. The van der Waals surface area contributed by atoms with E-state index < -0.39 is 0 Å². The largest absolute Gasteiger partial charge is 0.455 e. The Balaban J connectivity index is 1.67. The fourth-order valence-corrected chi connectivity index (χ4v) is 3.51. The van der Waals surface area contributed by atoms with Gasteiger partial charge in [0.2, 0.25) is 11.8 Å². The second-order valence-corrected chi connectivity index (χ2v) is 7.12. The van der Waals surface area contributed by atoms with E-state index in [4.69, 9.17) is 4.74 Å². The molecule has 1 saturated heterocycles. The van der Waals surface area contributed by atoms with Gasteiger partial charge in [-0.15, -0.1) is 0 Å². The van der Waals surface area contributed by atoms with E-state index in [1.54, 1.807) is 4.90 Å². The Bertz CT molecular complexity index is 817. The van der Waals surface area contributed by atoms with E-state index in [0.29, 0.717) is 30.2 Å². The minimum atomic E-state index is -0.113. The average Bonchev–Trinajstić information content (AvgIpc) is 2.75. The van der Waals surface area contributed by atoms with Gasteiger partial charge in [0.05, 0.1) is 5.69 Å². The lowest BCUT2D eigenvalue weighted by Gasteiger charge is -2.34. The first-order chi connectivity index (χ1) is 14.1. The minimum Gasteiger partial charge on any atom is -0.455 e. The topological polar surface area (TPSA) is 53.1 Å². The lowest BCUT2D eigenvalue weighted by molar-refractivity contribution is -0.132. The Hall–Kier alpha value is -2.86. The molecule has 0 aliphatic carbocycles. The van der Waals surface area contributed by atoms with E-state index in [9.17, 15) is 9.59 Å². The van der Waals surface area contributed by atoms with Crippen molar-refractivity contribution < 1.29 is 14.3 Å². The third-order valence-electron chi connectivity index (χ3n) is 5.23. The Morgan fingerprint density at radius 3 is 2.28 bits per heavy atom. The van der Waals surface area contributed by atoms with Crippen LogP contribution in [0.25, 0.3) is 0 Å². The number of piperazine rings is 1. The first-order valence-corrected chi connectivity index (χ1v) is 10.2. The fraction of sp³-hybridized carbons (Fsp3) is 0.391. The molecule has 0 aromatic heterocycles. The SMILES string of the molecule is CCN1CCN(C(=O)CCN(C(C)=O)c2ccccc2Oc2ccccc2)CC1. The molecular weight excluding hydrogens is 366 g/mol. The summed E-state index contributed by atoms with van der Waals surface area (Å²) in [6, 6.07) is 16.9. The summed E-state index contributed by atoms with van der Waals surface area (Å²) in [6.45, 7) is 8.32. The number of anilines is 1. The quantitative estimate of drug-likeness (QED) is 0.721. The van der Waals surface area contributed by atoms with Crippen LogP contribution in [0.1, 0.15) is 20.3 Å². The molecule has 0 unspecified atom stereocenters. The standard InChI is InChI=1S/C23H29N3O3/c1-3-24-15-17-25(18-16-24)23(28)13-14-26(19(2)27)21-11-7-8-12-22(21)29-20-9-5-4-6-10-20/h4-12H,3,13-18H2,1-2H3. The summed E-state index contributed by atoms with van der Waals surface area (Å²) in [7, 11) is 0. The first-order valence-electron chi connectivity index (χ1n) is 10.2. The van der Waals surface area contributed by atoms with E-state index in [1.807, 2.05) is 59.5 Å². The highest BCUT2D eigenvalue weighted by Gasteiger charge is 2.22. The van der Waals surface area contributed by atoms with Gasteiger partial charge in [-0.25, -0.2) is 0 Å². The minimum absolute atomic E-state index is 0.0912. The highest BCUT2D eigenvalue weighted by atomic mass is 16.5. The normalized spacial score (nSPS) is 14.5. The van der Waals surface area contributed by atoms with Crippen LogP contribution in [0.2, 0.25) is 0 Å². The Labute approximate surface area is 172 Å². The third kappa shape index (κ3) is 5.57. The van der Waals surface area contributed by atoms with Gasteiger partial charge in [-0.05, 0) is 30.8 Å². The average molecular weight is 396 g/mol. The van der Waals surface area contributed by atoms with Crippen molar-refractivity contribution in [2.45, 2.75) is 20.3 Å². The van der Waals surface area contributed by atoms with E-state index in [1.165, 1.54) is 6.92 Å². The number of carbonyl (C=O) groups excluding carboxylic acids is 2. The molecule has 0 atom stereocenters. The maximum Gasteiger partial charge on any atom is 0.224 e. The molecule has 1 fully saturated rings. The van der Waals surface area contributed by atoms with E-state index in [2.05, 4.69) is 11.8 Å². The number of para-hydroxylation sites is 3. The Kier molecular flexibility index (Phi) is 7.25. The van der Waals surface area contributed by atoms with E-state index >= 15 is 0 Å². The van der Waals surface area contributed by atoms with Gasteiger partial charge in [0.25, 0.3) is 0 Å². The highest BCUT2D eigenvalue weighted by Crippen LogP contribution is 2.32. The molecule has 2 aromatic rings. The van der Waals surface area contributed by atoms with Gasteiger partial charge < -0.3 is 19.4 Å². The summed E-state index contributed by atoms with van der Waals surface area (Å²) in [5.41, 5.74) is 0.674. The summed E-state index contributed by atoms with van der Waals surface area (Å²) < 4.78 is 5.99. The first kappa shape index (κ1) is 20.9. The molecule has 1 aliphatic heterocycles. The molecule has 1 heterocycles. The van der Waals surface area contributed by atoms with Crippen LogP contribution in [-0.4, -0.2) is 60.9 Å². The zero-order valence-electron chi connectivity index (χ0n) is 17.2. The second kappa shape index (κ2) is 10.1. The molecule has 0 N–H and O–H groups in total. The molecular formula is C23H29N3O3. The van der Waals surface area contributed by atoms with Crippen molar-refractivity contribution in [1.29, 1.82) is 0 Å². The molecule has 0 radical (unpaired) electrons. The van der Waals surface area contributed by atoms with Crippen LogP contribution in [0.15, 0.2) is 54.6 Å². The molecule has 2 aromatic carbocycles. The predicted octanol–water partition coefficient (Wildman–Crippen LogP) is 3.39. The number of carbonyl (C=O) groups is 2. The number of likely N-dealkylation sites (N-methyl/N-ethyl adjacent to an activating group) is 1. The van der Waals surface area contributed by atoms with Gasteiger partial charge in [0.1, 0.15) is 5.75 Å². The van der Waals surface area contributed by atoms with E-state index in [0.717, 1.165) is 32.7 Å². The number of rotatable bonds is 7. The van der Waals surface area contributed by atoms with Crippen molar-refractivity contribution in [2.75, 3.05) is 44.2 Å². The highest BCUT2D eigenvalue weighted by molar-refractivity contribution is 5.94. The molecule has 0 bridgehead atoms. The molecule has 154 valence electrons. The lowest BCUT2D eigenvalue weighted by atomic mass is 10.2. The van der Waals surface area contributed by atoms with Crippen LogP contribution in [0, 0.1) is 0 Å². The van der Waals surface area contributed by atoms with Crippen molar-refractivity contribution in [1.82, 2.24) is 9.80 Å². The van der Waals surface area contributed by atoms with Crippen molar-refractivity contribution in [3.05, 3.63) is 54.6 Å². The molecule has 2 amide bonds. The Morgan fingerprint density at radius 2 is 1.62 bits per heavy atom. The summed E-state index contributed by atoms with van der Waals surface area (Å²) in [5.74, 6) is 1.28. The molecule has 1 aliphatic rings. The smallest absolute Gasteiger partial charge is 0.224 e. The zero-order valence-corrected chi connectivity index (χ0v) is 17.2. The summed E-state index contributed by atoms with van der Waals surface area (Å²) >= 11 is 0. The van der Waals surface area contributed by atoms with Crippen LogP contribution in [-0.2, 0) is 9.59 Å². The maximum absolute atomic E-state index is 12.7. The zero-order chi connectivity index (χ0) is 20.6. The fourth-order valence-electron chi connectivity index (χ4n) is 3.51. The monoisotopic (exact) mass is 395 g/mol. The van der Waals surface area contributed by atoms with Crippen molar-refractivity contribution in [3.63, 3.8) is 0 Å². The van der Waals surface area contributed by atoms with E-state index in [-0.39, 0.29) is 11.8 Å². The number of ether oxygens (including phenoxy) is 1. The summed E-state index contributed by atoms with van der Waals surface area (Å²) in [6.07, 6.45) is 0.297. The van der Waals surface area contributed by atoms with Crippen LogP contribution in [0.5, 0.6) is 11.5 Å². The molecule has 6 nitrogen and oxygen atoms in total. The molecule has 6 heteroatoms. The molecule has 0 spiro atoms. The molecule has 3 rings (SSSR count). The van der Waals surface area contributed by atoms with Gasteiger partial charge in [-0.1, -0.05) is 37.3 Å². The van der Waals surface area contributed by atoms with Crippen LogP contribution < -0.4 is 9.64 Å². The second-order valence-electron chi connectivity index (χ2n) is 7.12. The number of benzene rings is 2. The Morgan fingerprint density at radius 1 is 0.966 bits per heavy atom. The van der Waals surface area contributed by atoms with Gasteiger partial charge in [-0.3, -0.25) is 9.59 Å². The van der Waals surface area contributed by atoms with Crippen LogP contribution >= 0.6 is 0 Å². The number of nitrogens with zero attached hydrogens (tertiary/aromatic N) is 3. The van der Waals surface area contributed by atoms with Crippen molar-refractivity contribution >= 4 is 17.5 Å². The van der Waals surface area contributed by atoms with Crippen molar-refractivity contribution in [2.24, 2.45) is 0 Å². The number of amides is 2. The number of hydrogen-bond acceptors (Lipinski definition) is 4.